The third kappa shape index (κ3) is 3.72. The highest BCUT2D eigenvalue weighted by molar-refractivity contribution is 5.66. The summed E-state index contributed by atoms with van der Waals surface area (Å²) >= 11 is 0. The highest BCUT2D eigenvalue weighted by Gasteiger charge is 2.29. The van der Waals surface area contributed by atoms with Crippen LogP contribution in [0.4, 0.5) is 0 Å². The van der Waals surface area contributed by atoms with Crippen LogP contribution in [-0.2, 0) is 16.0 Å². The fourth-order valence-corrected chi connectivity index (χ4v) is 3.67. The summed E-state index contributed by atoms with van der Waals surface area (Å²) in [5.74, 6) is 3.01. The Balaban J connectivity index is 1.53. The van der Waals surface area contributed by atoms with Crippen LogP contribution in [0.1, 0.15) is 38.0 Å². The second kappa shape index (κ2) is 7.62. The van der Waals surface area contributed by atoms with Crippen LogP contribution in [0.3, 0.4) is 0 Å². The standard InChI is InChI=1S/C22H24O6/c1-13(8-16-4-6-18-20(9-16)26-11-24-18)14(2)22(28-15(3)23)17-5-7-19-21(10-17)27-12-25-19/h4-7,9-10,13-14,22H,8,11-12H2,1-3H3. The van der Waals surface area contributed by atoms with Gasteiger partial charge in [0.1, 0.15) is 6.10 Å². The molecule has 6 heteroatoms. The van der Waals surface area contributed by atoms with E-state index in [9.17, 15) is 4.79 Å². The van der Waals surface area contributed by atoms with Crippen LogP contribution >= 0.6 is 0 Å². The summed E-state index contributed by atoms with van der Waals surface area (Å²) in [5, 5.41) is 0. The summed E-state index contributed by atoms with van der Waals surface area (Å²) < 4.78 is 27.4. The summed E-state index contributed by atoms with van der Waals surface area (Å²) in [6, 6.07) is 11.7. The van der Waals surface area contributed by atoms with Crippen molar-refractivity contribution < 1.29 is 28.5 Å². The van der Waals surface area contributed by atoms with E-state index in [4.69, 9.17) is 23.7 Å². The van der Waals surface area contributed by atoms with Crippen LogP contribution in [0.25, 0.3) is 0 Å². The fraction of sp³-hybridized carbons (Fsp3) is 0.409. The summed E-state index contributed by atoms with van der Waals surface area (Å²) in [4.78, 5) is 11.8. The van der Waals surface area contributed by atoms with Crippen molar-refractivity contribution in [3.63, 3.8) is 0 Å². The molecule has 0 bridgehead atoms. The Morgan fingerprint density at radius 1 is 0.929 bits per heavy atom. The van der Waals surface area contributed by atoms with E-state index in [0.717, 1.165) is 29.0 Å². The van der Waals surface area contributed by atoms with E-state index in [1.165, 1.54) is 6.92 Å². The Bertz CT molecular complexity index is 877. The Morgan fingerprint density at radius 3 is 2.21 bits per heavy atom. The van der Waals surface area contributed by atoms with E-state index in [-0.39, 0.29) is 37.5 Å². The molecule has 28 heavy (non-hydrogen) atoms. The van der Waals surface area contributed by atoms with Gasteiger partial charge < -0.3 is 23.7 Å². The van der Waals surface area contributed by atoms with Gasteiger partial charge in [-0.3, -0.25) is 4.79 Å². The van der Waals surface area contributed by atoms with Crippen LogP contribution in [0.15, 0.2) is 36.4 Å². The van der Waals surface area contributed by atoms with Gasteiger partial charge in [-0.15, -0.1) is 0 Å². The van der Waals surface area contributed by atoms with Crippen LogP contribution in [0, 0.1) is 11.8 Å². The van der Waals surface area contributed by atoms with Crippen molar-refractivity contribution in [3.8, 4) is 23.0 Å². The molecule has 2 aliphatic rings. The molecular weight excluding hydrogens is 360 g/mol. The fourth-order valence-electron chi connectivity index (χ4n) is 3.67. The predicted molar refractivity (Wildman–Crippen MR) is 102 cm³/mol. The van der Waals surface area contributed by atoms with E-state index in [0.29, 0.717) is 11.5 Å². The molecule has 4 rings (SSSR count). The summed E-state index contributed by atoms with van der Waals surface area (Å²) in [7, 11) is 0. The van der Waals surface area contributed by atoms with E-state index >= 15 is 0 Å². The molecule has 6 nitrogen and oxygen atoms in total. The number of hydrogen-bond donors (Lipinski definition) is 0. The summed E-state index contributed by atoms with van der Waals surface area (Å²) in [5.41, 5.74) is 2.07. The zero-order chi connectivity index (χ0) is 19.7. The van der Waals surface area contributed by atoms with Gasteiger partial charge in [-0.1, -0.05) is 26.0 Å². The molecule has 2 heterocycles. The minimum Gasteiger partial charge on any atom is -0.457 e. The summed E-state index contributed by atoms with van der Waals surface area (Å²) in [6.07, 6.45) is 0.469. The molecule has 0 saturated heterocycles. The van der Waals surface area contributed by atoms with Gasteiger partial charge in [0.25, 0.3) is 0 Å². The number of ether oxygens (including phenoxy) is 5. The Hall–Kier alpha value is -2.89. The Kier molecular flexibility index (Phi) is 5.03. The molecule has 3 unspecified atom stereocenters. The smallest absolute Gasteiger partial charge is 0.303 e. The first-order valence-corrected chi connectivity index (χ1v) is 9.46. The molecule has 0 aromatic heterocycles. The van der Waals surface area contributed by atoms with E-state index in [1.54, 1.807) is 0 Å². The van der Waals surface area contributed by atoms with Gasteiger partial charge in [0.2, 0.25) is 13.6 Å². The average molecular weight is 384 g/mol. The quantitative estimate of drug-likeness (QED) is 0.694. The minimum atomic E-state index is -0.365. The maximum Gasteiger partial charge on any atom is 0.303 e. The lowest BCUT2D eigenvalue weighted by molar-refractivity contribution is -0.150. The number of hydrogen-bond acceptors (Lipinski definition) is 6. The second-order valence-corrected chi connectivity index (χ2v) is 7.37. The van der Waals surface area contributed by atoms with E-state index in [1.807, 2.05) is 30.3 Å². The topological polar surface area (TPSA) is 63.2 Å². The van der Waals surface area contributed by atoms with Gasteiger partial charge in [0.05, 0.1) is 0 Å². The second-order valence-electron chi connectivity index (χ2n) is 7.37. The number of fused-ring (bicyclic) bond motifs is 2. The molecule has 0 aliphatic carbocycles. The van der Waals surface area contributed by atoms with Crippen LogP contribution < -0.4 is 18.9 Å². The molecule has 2 aliphatic heterocycles. The molecule has 148 valence electrons. The lowest BCUT2D eigenvalue weighted by atomic mass is 9.83. The first kappa shape index (κ1) is 18.5. The average Bonchev–Trinajstić information content (AvgIpc) is 3.33. The van der Waals surface area contributed by atoms with Gasteiger partial charge in [0.15, 0.2) is 23.0 Å². The lowest BCUT2D eigenvalue weighted by Gasteiger charge is -2.29. The molecule has 0 amide bonds. The maximum absolute atomic E-state index is 11.8. The van der Waals surface area contributed by atoms with Crippen LogP contribution in [0.2, 0.25) is 0 Å². The Labute approximate surface area is 164 Å². The lowest BCUT2D eigenvalue weighted by Crippen LogP contribution is -2.23. The molecule has 3 atom stereocenters. The van der Waals surface area contributed by atoms with Crippen molar-refractivity contribution in [2.24, 2.45) is 11.8 Å². The molecular formula is C22H24O6. The van der Waals surface area contributed by atoms with Gasteiger partial charge in [-0.05, 0) is 47.7 Å². The van der Waals surface area contributed by atoms with Gasteiger partial charge in [-0.2, -0.15) is 0 Å². The molecule has 2 aromatic rings. The number of benzene rings is 2. The monoisotopic (exact) mass is 384 g/mol. The molecule has 0 spiro atoms. The first-order chi connectivity index (χ1) is 13.5. The van der Waals surface area contributed by atoms with Crippen molar-refractivity contribution in [1.29, 1.82) is 0 Å². The highest BCUT2D eigenvalue weighted by atomic mass is 16.7. The zero-order valence-electron chi connectivity index (χ0n) is 16.3. The Morgan fingerprint density at radius 2 is 1.54 bits per heavy atom. The largest absolute Gasteiger partial charge is 0.457 e. The molecule has 0 fully saturated rings. The highest BCUT2D eigenvalue weighted by Crippen LogP contribution is 2.40. The molecule has 0 radical (unpaired) electrons. The molecule has 0 saturated carbocycles. The predicted octanol–water partition coefficient (Wildman–Crippen LogP) is 4.26. The normalized spacial score (nSPS) is 17.1. The number of esters is 1. The SMILES string of the molecule is CC(=O)OC(c1ccc2c(c1)OCO2)C(C)C(C)Cc1ccc2c(c1)OCO2. The van der Waals surface area contributed by atoms with E-state index in [2.05, 4.69) is 19.9 Å². The number of carbonyl (C=O) groups is 1. The minimum absolute atomic E-state index is 0.0923. The van der Waals surface area contributed by atoms with E-state index < -0.39 is 0 Å². The molecule has 0 N–H and O–H groups in total. The summed E-state index contributed by atoms with van der Waals surface area (Å²) in [6.45, 7) is 6.19. The first-order valence-electron chi connectivity index (χ1n) is 9.46. The van der Waals surface area contributed by atoms with Crippen LogP contribution in [-0.4, -0.2) is 19.6 Å². The van der Waals surface area contributed by atoms with Gasteiger partial charge >= 0.3 is 5.97 Å². The van der Waals surface area contributed by atoms with Gasteiger partial charge in [-0.25, -0.2) is 0 Å². The van der Waals surface area contributed by atoms with Crippen molar-refractivity contribution in [3.05, 3.63) is 47.5 Å². The van der Waals surface area contributed by atoms with Crippen molar-refractivity contribution >= 4 is 5.97 Å². The van der Waals surface area contributed by atoms with Crippen molar-refractivity contribution in [2.75, 3.05) is 13.6 Å². The third-order valence-corrected chi connectivity index (χ3v) is 5.39. The zero-order valence-corrected chi connectivity index (χ0v) is 16.3. The maximum atomic E-state index is 11.8. The van der Waals surface area contributed by atoms with Crippen molar-refractivity contribution in [2.45, 2.75) is 33.3 Å². The molecule has 2 aromatic carbocycles. The van der Waals surface area contributed by atoms with Crippen molar-refractivity contribution in [1.82, 2.24) is 0 Å². The van der Waals surface area contributed by atoms with Crippen LogP contribution in [0.5, 0.6) is 23.0 Å². The van der Waals surface area contributed by atoms with Gasteiger partial charge in [0, 0.05) is 12.8 Å². The number of rotatable bonds is 6. The third-order valence-electron chi connectivity index (χ3n) is 5.39. The number of carbonyl (C=O) groups excluding carboxylic acids is 1.